The predicted molar refractivity (Wildman–Crippen MR) is 134 cm³/mol. The van der Waals surface area contributed by atoms with E-state index in [-0.39, 0.29) is 10.8 Å². The number of sulfonamides is 1. The van der Waals surface area contributed by atoms with E-state index in [1.807, 2.05) is 36.4 Å². The SMILES string of the molecule is O=C(c1ccc(NS(=O)(=O)c2cccc3cnccc23)cc1)N1CCC(O)(c2ccccc2)CC1. The van der Waals surface area contributed by atoms with Crippen molar-refractivity contribution in [2.24, 2.45) is 0 Å². The molecule has 1 saturated heterocycles. The number of fused-ring (bicyclic) bond motifs is 1. The van der Waals surface area contributed by atoms with Crippen LogP contribution in [0.2, 0.25) is 0 Å². The minimum atomic E-state index is -3.83. The summed E-state index contributed by atoms with van der Waals surface area (Å²) in [5.74, 6) is -0.143. The summed E-state index contributed by atoms with van der Waals surface area (Å²) in [7, 11) is -3.83. The smallest absolute Gasteiger partial charge is 0.262 e. The molecule has 3 aromatic carbocycles. The Morgan fingerprint density at radius 1 is 0.914 bits per heavy atom. The molecule has 0 spiro atoms. The van der Waals surface area contributed by atoms with Crippen LogP contribution in [-0.4, -0.2) is 42.4 Å². The first-order chi connectivity index (χ1) is 16.9. The van der Waals surface area contributed by atoms with E-state index in [2.05, 4.69) is 9.71 Å². The highest BCUT2D eigenvalue weighted by atomic mass is 32.2. The number of hydrogen-bond acceptors (Lipinski definition) is 5. The highest BCUT2D eigenvalue weighted by molar-refractivity contribution is 7.93. The lowest BCUT2D eigenvalue weighted by atomic mass is 9.84. The normalized spacial score (nSPS) is 15.6. The van der Waals surface area contributed by atoms with Crippen LogP contribution in [0.15, 0.2) is 96.2 Å². The molecule has 5 rings (SSSR count). The summed E-state index contributed by atoms with van der Waals surface area (Å²) in [6.45, 7) is 0.878. The molecule has 1 amide bonds. The average molecular weight is 488 g/mol. The Hall–Kier alpha value is -3.75. The molecule has 1 aromatic heterocycles. The van der Waals surface area contributed by atoms with Gasteiger partial charge >= 0.3 is 0 Å². The Morgan fingerprint density at radius 3 is 2.34 bits per heavy atom. The number of rotatable bonds is 5. The number of pyridine rings is 1. The molecule has 0 radical (unpaired) electrons. The first kappa shape index (κ1) is 23.0. The van der Waals surface area contributed by atoms with Crippen molar-refractivity contribution < 1.29 is 18.3 Å². The third kappa shape index (κ3) is 4.62. The van der Waals surface area contributed by atoms with E-state index in [1.54, 1.807) is 59.8 Å². The van der Waals surface area contributed by atoms with Gasteiger partial charge in [0.2, 0.25) is 0 Å². The standard InChI is InChI=1S/C27H25N3O4S/c31-26(30-17-14-27(32,15-18-30)22-6-2-1-3-7-22)20-9-11-23(12-10-20)29-35(33,34)25-8-4-5-21-19-28-16-13-24(21)25/h1-13,16,19,29,32H,14-15,17-18H2. The summed E-state index contributed by atoms with van der Waals surface area (Å²) in [5.41, 5.74) is 0.767. The number of amides is 1. The Morgan fingerprint density at radius 2 is 1.63 bits per heavy atom. The van der Waals surface area contributed by atoms with E-state index in [0.717, 1.165) is 10.9 Å². The van der Waals surface area contributed by atoms with Gasteiger partial charge in [-0.3, -0.25) is 14.5 Å². The van der Waals surface area contributed by atoms with Crippen molar-refractivity contribution in [3.63, 3.8) is 0 Å². The van der Waals surface area contributed by atoms with Crippen LogP contribution in [0.1, 0.15) is 28.8 Å². The van der Waals surface area contributed by atoms with Crippen molar-refractivity contribution in [1.29, 1.82) is 0 Å². The topological polar surface area (TPSA) is 99.6 Å². The number of nitrogens with one attached hydrogen (secondary N) is 1. The molecule has 4 aromatic rings. The highest BCUT2D eigenvalue weighted by Crippen LogP contribution is 2.33. The van der Waals surface area contributed by atoms with Crippen molar-refractivity contribution in [3.8, 4) is 0 Å². The van der Waals surface area contributed by atoms with E-state index in [9.17, 15) is 18.3 Å². The molecule has 178 valence electrons. The van der Waals surface area contributed by atoms with Crippen LogP contribution in [0.25, 0.3) is 10.8 Å². The number of likely N-dealkylation sites (tertiary alicyclic amines) is 1. The molecule has 2 N–H and O–H groups in total. The monoisotopic (exact) mass is 487 g/mol. The molecule has 1 fully saturated rings. The minimum absolute atomic E-state index is 0.143. The second kappa shape index (κ2) is 9.13. The van der Waals surface area contributed by atoms with Crippen LogP contribution in [0.3, 0.4) is 0 Å². The molecule has 0 saturated carbocycles. The van der Waals surface area contributed by atoms with Gasteiger partial charge in [0.15, 0.2) is 0 Å². The number of hydrogen-bond donors (Lipinski definition) is 2. The van der Waals surface area contributed by atoms with E-state index in [1.165, 1.54) is 0 Å². The molecule has 35 heavy (non-hydrogen) atoms. The van der Waals surface area contributed by atoms with Gasteiger partial charge in [-0.05, 0) is 54.8 Å². The maximum Gasteiger partial charge on any atom is 0.262 e. The van der Waals surface area contributed by atoms with Gasteiger partial charge in [0.25, 0.3) is 15.9 Å². The largest absolute Gasteiger partial charge is 0.385 e. The fraction of sp³-hybridized carbons (Fsp3) is 0.185. The molecule has 2 heterocycles. The molecule has 8 heteroatoms. The van der Waals surface area contributed by atoms with E-state index in [4.69, 9.17) is 0 Å². The zero-order valence-electron chi connectivity index (χ0n) is 19.0. The predicted octanol–water partition coefficient (Wildman–Crippen LogP) is 4.16. The van der Waals surface area contributed by atoms with Crippen LogP contribution in [0.5, 0.6) is 0 Å². The third-order valence-electron chi connectivity index (χ3n) is 6.50. The van der Waals surface area contributed by atoms with E-state index >= 15 is 0 Å². The third-order valence-corrected chi connectivity index (χ3v) is 7.94. The van der Waals surface area contributed by atoms with Gasteiger partial charge in [0.1, 0.15) is 0 Å². The average Bonchev–Trinajstić information content (AvgIpc) is 2.89. The molecule has 1 aliphatic rings. The molecule has 1 aliphatic heterocycles. The summed E-state index contributed by atoms with van der Waals surface area (Å²) >= 11 is 0. The molecule has 7 nitrogen and oxygen atoms in total. The first-order valence-electron chi connectivity index (χ1n) is 11.4. The van der Waals surface area contributed by atoms with E-state index < -0.39 is 15.6 Å². The molecule has 0 aliphatic carbocycles. The van der Waals surface area contributed by atoms with Gasteiger partial charge in [-0.15, -0.1) is 0 Å². The van der Waals surface area contributed by atoms with Gasteiger partial charge in [0, 0.05) is 47.5 Å². The maximum atomic E-state index is 13.0. The van der Waals surface area contributed by atoms with Crippen LogP contribution in [0.4, 0.5) is 5.69 Å². The number of anilines is 1. The molecule has 0 unspecified atom stereocenters. The summed E-state index contributed by atoms with van der Waals surface area (Å²) in [4.78, 5) is 18.9. The van der Waals surface area contributed by atoms with Gasteiger partial charge in [-0.25, -0.2) is 8.42 Å². The summed E-state index contributed by atoms with van der Waals surface area (Å²) in [5, 5.41) is 12.3. The quantitative estimate of drug-likeness (QED) is 0.440. The van der Waals surface area contributed by atoms with Crippen molar-refractivity contribution in [3.05, 3.63) is 102 Å². The fourth-order valence-electron chi connectivity index (χ4n) is 4.52. The summed E-state index contributed by atoms with van der Waals surface area (Å²) in [6, 6.07) is 22.6. The number of nitrogens with zero attached hydrogens (tertiary/aromatic N) is 2. The van der Waals surface area contributed by atoms with Gasteiger partial charge in [-0.1, -0.05) is 42.5 Å². The molecule has 0 bridgehead atoms. The lowest BCUT2D eigenvalue weighted by Gasteiger charge is -2.38. The van der Waals surface area contributed by atoms with Crippen molar-refractivity contribution in [2.45, 2.75) is 23.3 Å². The minimum Gasteiger partial charge on any atom is -0.385 e. The molecular weight excluding hydrogens is 462 g/mol. The zero-order chi connectivity index (χ0) is 24.5. The summed E-state index contributed by atoms with van der Waals surface area (Å²) in [6.07, 6.45) is 4.10. The molecule has 0 atom stereocenters. The van der Waals surface area contributed by atoms with Crippen molar-refractivity contribution in [1.82, 2.24) is 9.88 Å². The van der Waals surface area contributed by atoms with Gasteiger partial charge in [-0.2, -0.15) is 0 Å². The van der Waals surface area contributed by atoms with Crippen LogP contribution < -0.4 is 4.72 Å². The number of benzene rings is 3. The fourth-order valence-corrected chi connectivity index (χ4v) is 5.81. The number of carbonyl (C=O) groups is 1. The Kier molecular flexibility index (Phi) is 6.00. The van der Waals surface area contributed by atoms with E-state index in [0.29, 0.717) is 42.6 Å². The highest BCUT2D eigenvalue weighted by Gasteiger charge is 2.35. The lowest BCUT2D eigenvalue weighted by Crippen LogP contribution is -2.45. The molecular formula is C27H25N3O4S. The van der Waals surface area contributed by atoms with Crippen LogP contribution in [-0.2, 0) is 15.6 Å². The summed E-state index contributed by atoms with van der Waals surface area (Å²) < 4.78 is 28.7. The van der Waals surface area contributed by atoms with Crippen molar-refractivity contribution in [2.75, 3.05) is 17.8 Å². The number of carbonyl (C=O) groups excluding carboxylic acids is 1. The Bertz CT molecular complexity index is 1460. The number of piperidine rings is 1. The van der Waals surface area contributed by atoms with Crippen molar-refractivity contribution >= 4 is 32.4 Å². The maximum absolute atomic E-state index is 13.0. The zero-order valence-corrected chi connectivity index (χ0v) is 19.8. The van der Waals surface area contributed by atoms with Gasteiger partial charge in [0.05, 0.1) is 10.5 Å². The van der Waals surface area contributed by atoms with Crippen LogP contribution in [0, 0.1) is 0 Å². The Balaban J connectivity index is 1.27. The second-order valence-electron chi connectivity index (χ2n) is 8.73. The lowest BCUT2D eigenvalue weighted by molar-refractivity contribution is -0.0211. The van der Waals surface area contributed by atoms with Gasteiger partial charge < -0.3 is 10.0 Å². The van der Waals surface area contributed by atoms with Crippen LogP contribution >= 0.6 is 0 Å². The second-order valence-corrected chi connectivity index (χ2v) is 10.4. The number of aliphatic hydroxyl groups is 1. The first-order valence-corrected chi connectivity index (χ1v) is 12.9. The number of aromatic nitrogens is 1. The Labute approximate surface area is 204 Å².